The summed E-state index contributed by atoms with van der Waals surface area (Å²) in [5.41, 5.74) is 4.56. The van der Waals surface area contributed by atoms with Crippen LogP contribution in [0.4, 0.5) is 11.4 Å². The number of methoxy groups -OCH3 is 1. The Balaban J connectivity index is 1.74. The van der Waals surface area contributed by atoms with Crippen LogP contribution < -0.4 is 14.5 Å². The second-order valence-electron chi connectivity index (χ2n) is 9.98. The number of carbonyl (C=O) groups is 2. The van der Waals surface area contributed by atoms with E-state index >= 15 is 0 Å². The fraction of sp³-hybridized carbons (Fsp3) is 0.226. The molecule has 0 spiro atoms. The number of anilines is 2. The zero-order chi connectivity index (χ0) is 27.1. The summed E-state index contributed by atoms with van der Waals surface area (Å²) in [6.07, 6.45) is 1.81. The van der Waals surface area contributed by atoms with Crippen molar-refractivity contribution in [1.29, 1.82) is 0 Å². The van der Waals surface area contributed by atoms with Crippen LogP contribution in [0.3, 0.4) is 0 Å². The first kappa shape index (κ1) is 25.1. The van der Waals surface area contributed by atoms with E-state index in [1.165, 1.54) is 4.90 Å². The number of H-pyrrole nitrogens is 1. The van der Waals surface area contributed by atoms with Gasteiger partial charge in [0.05, 0.1) is 18.7 Å². The van der Waals surface area contributed by atoms with Gasteiger partial charge in [0.25, 0.3) is 11.7 Å². The van der Waals surface area contributed by atoms with Gasteiger partial charge in [-0.05, 0) is 60.0 Å². The Morgan fingerprint density at radius 2 is 1.74 bits per heavy atom. The average Bonchev–Trinajstić information content (AvgIpc) is 3.46. The maximum Gasteiger partial charge on any atom is 0.300 e. The lowest BCUT2D eigenvalue weighted by atomic mass is 9.93. The van der Waals surface area contributed by atoms with Gasteiger partial charge in [0, 0.05) is 53.7 Å². The summed E-state index contributed by atoms with van der Waals surface area (Å²) in [4.78, 5) is 33.9. The minimum Gasteiger partial charge on any atom is -0.507 e. The number of carbonyl (C=O) groups excluding carboxylic acids is 2. The summed E-state index contributed by atoms with van der Waals surface area (Å²) in [7, 11) is 5.48. The van der Waals surface area contributed by atoms with Crippen molar-refractivity contribution in [2.24, 2.45) is 0 Å². The summed E-state index contributed by atoms with van der Waals surface area (Å²) in [5, 5.41) is 12.5. The van der Waals surface area contributed by atoms with Gasteiger partial charge in [-0.15, -0.1) is 0 Å². The van der Waals surface area contributed by atoms with E-state index in [1.807, 2.05) is 93.6 Å². The lowest BCUT2D eigenvalue weighted by Gasteiger charge is -2.25. The van der Waals surface area contributed by atoms with Gasteiger partial charge in [0.1, 0.15) is 11.5 Å². The number of hydrogen-bond acceptors (Lipinski definition) is 5. The number of amides is 1. The van der Waals surface area contributed by atoms with Gasteiger partial charge in [-0.1, -0.05) is 32.0 Å². The fourth-order valence-electron chi connectivity index (χ4n) is 5.11. The van der Waals surface area contributed by atoms with Crippen LogP contribution >= 0.6 is 0 Å². The molecule has 2 heterocycles. The fourth-order valence-corrected chi connectivity index (χ4v) is 5.11. The Morgan fingerprint density at radius 3 is 2.39 bits per heavy atom. The standard InChI is InChI=1S/C31H31N3O4/c1-18(2)23-16-19(10-15-26(23)38-5)29(35)27-28(24-17-32-25-9-7-6-8-22(24)25)34(31(37)30(27)36)21-13-11-20(12-14-21)33(3)4/h6-18,28,32,35H,1-5H3/b29-27+. The Kier molecular flexibility index (Phi) is 6.45. The molecular formula is C31H31N3O4. The molecule has 1 aliphatic rings. The van der Waals surface area contributed by atoms with Crippen molar-refractivity contribution in [2.75, 3.05) is 31.0 Å². The number of aromatic nitrogens is 1. The second-order valence-corrected chi connectivity index (χ2v) is 9.98. The van der Waals surface area contributed by atoms with Gasteiger partial charge in [0.15, 0.2) is 0 Å². The van der Waals surface area contributed by atoms with E-state index in [0.717, 1.165) is 27.7 Å². The number of aliphatic hydroxyl groups excluding tert-OH is 1. The number of aromatic amines is 1. The van der Waals surface area contributed by atoms with Crippen molar-refractivity contribution in [2.45, 2.75) is 25.8 Å². The molecule has 0 aliphatic carbocycles. The zero-order valence-corrected chi connectivity index (χ0v) is 22.1. The Hall–Kier alpha value is -4.52. The van der Waals surface area contributed by atoms with E-state index in [0.29, 0.717) is 17.0 Å². The molecular weight excluding hydrogens is 478 g/mol. The van der Waals surface area contributed by atoms with Crippen LogP contribution in [-0.2, 0) is 9.59 Å². The van der Waals surface area contributed by atoms with Crippen molar-refractivity contribution in [3.8, 4) is 5.75 Å². The molecule has 1 aliphatic heterocycles. The molecule has 7 heteroatoms. The first-order valence-electron chi connectivity index (χ1n) is 12.6. The summed E-state index contributed by atoms with van der Waals surface area (Å²) in [5.74, 6) is -0.796. The lowest BCUT2D eigenvalue weighted by Crippen LogP contribution is -2.29. The van der Waals surface area contributed by atoms with Crippen LogP contribution in [0.25, 0.3) is 16.7 Å². The molecule has 1 unspecified atom stereocenters. The van der Waals surface area contributed by atoms with Crippen molar-refractivity contribution in [3.63, 3.8) is 0 Å². The molecule has 1 amide bonds. The highest BCUT2D eigenvalue weighted by molar-refractivity contribution is 6.51. The van der Waals surface area contributed by atoms with Crippen molar-refractivity contribution < 1.29 is 19.4 Å². The number of ketones is 1. The first-order chi connectivity index (χ1) is 18.2. The van der Waals surface area contributed by atoms with Gasteiger partial charge in [-0.25, -0.2) is 0 Å². The maximum atomic E-state index is 13.6. The van der Waals surface area contributed by atoms with Gasteiger partial charge in [-0.3, -0.25) is 14.5 Å². The predicted molar refractivity (Wildman–Crippen MR) is 151 cm³/mol. The third kappa shape index (κ3) is 4.10. The molecule has 38 heavy (non-hydrogen) atoms. The molecule has 2 N–H and O–H groups in total. The molecule has 1 aromatic heterocycles. The molecule has 1 fully saturated rings. The molecule has 5 rings (SSSR count). The number of ether oxygens (including phenoxy) is 1. The van der Waals surface area contributed by atoms with E-state index in [-0.39, 0.29) is 17.3 Å². The highest BCUT2D eigenvalue weighted by Crippen LogP contribution is 2.45. The number of rotatable bonds is 6. The number of para-hydroxylation sites is 1. The van der Waals surface area contributed by atoms with Crippen LogP contribution in [0, 0.1) is 0 Å². The molecule has 0 radical (unpaired) electrons. The minimum absolute atomic E-state index is 0.0521. The van der Waals surface area contributed by atoms with Crippen LogP contribution in [-0.4, -0.2) is 43.0 Å². The summed E-state index contributed by atoms with van der Waals surface area (Å²) < 4.78 is 5.50. The average molecular weight is 510 g/mol. The number of aliphatic hydroxyl groups is 1. The van der Waals surface area contributed by atoms with Crippen molar-refractivity contribution >= 4 is 39.7 Å². The lowest BCUT2D eigenvalue weighted by molar-refractivity contribution is -0.132. The van der Waals surface area contributed by atoms with Crippen LogP contribution in [0.1, 0.15) is 42.5 Å². The number of hydrogen-bond donors (Lipinski definition) is 2. The molecule has 194 valence electrons. The van der Waals surface area contributed by atoms with E-state index in [4.69, 9.17) is 4.74 Å². The second kappa shape index (κ2) is 9.74. The topological polar surface area (TPSA) is 85.9 Å². The Morgan fingerprint density at radius 1 is 1.03 bits per heavy atom. The van der Waals surface area contributed by atoms with Gasteiger partial charge < -0.3 is 19.7 Å². The zero-order valence-electron chi connectivity index (χ0n) is 22.1. The van der Waals surface area contributed by atoms with Crippen molar-refractivity contribution in [1.82, 2.24) is 4.98 Å². The number of Topliss-reactive ketones (excluding diaryl/α,β-unsaturated/α-hetero) is 1. The molecule has 4 aromatic rings. The smallest absolute Gasteiger partial charge is 0.300 e. The normalized spacial score (nSPS) is 17.0. The summed E-state index contributed by atoms with van der Waals surface area (Å²) in [6, 6.07) is 19.7. The van der Waals surface area contributed by atoms with Crippen LogP contribution in [0.2, 0.25) is 0 Å². The maximum absolute atomic E-state index is 13.6. The Bertz CT molecular complexity index is 1560. The third-order valence-electron chi connectivity index (χ3n) is 7.13. The van der Waals surface area contributed by atoms with Gasteiger partial charge in [-0.2, -0.15) is 0 Å². The molecule has 1 saturated heterocycles. The van der Waals surface area contributed by atoms with E-state index < -0.39 is 17.7 Å². The van der Waals surface area contributed by atoms with E-state index in [1.54, 1.807) is 19.2 Å². The SMILES string of the molecule is COc1ccc(/C(O)=C2\C(=O)C(=O)N(c3ccc(N(C)C)cc3)C2c2c[nH]c3ccccc23)cc1C(C)C. The minimum atomic E-state index is -0.819. The van der Waals surface area contributed by atoms with Crippen LogP contribution in [0.15, 0.2) is 78.5 Å². The monoisotopic (exact) mass is 509 g/mol. The number of nitrogens with zero attached hydrogens (tertiary/aromatic N) is 2. The van der Waals surface area contributed by atoms with Crippen LogP contribution in [0.5, 0.6) is 5.75 Å². The molecule has 1 atom stereocenters. The van der Waals surface area contributed by atoms with Crippen molar-refractivity contribution in [3.05, 3.63) is 95.2 Å². The summed E-state index contributed by atoms with van der Waals surface area (Å²) in [6.45, 7) is 4.06. The van der Waals surface area contributed by atoms with E-state index in [9.17, 15) is 14.7 Å². The third-order valence-corrected chi connectivity index (χ3v) is 7.13. The summed E-state index contributed by atoms with van der Waals surface area (Å²) >= 11 is 0. The Labute approximate surface area is 222 Å². The number of benzene rings is 3. The quantitative estimate of drug-likeness (QED) is 0.189. The van der Waals surface area contributed by atoms with E-state index in [2.05, 4.69) is 4.98 Å². The number of fused-ring (bicyclic) bond motifs is 1. The molecule has 7 nitrogen and oxygen atoms in total. The first-order valence-corrected chi connectivity index (χ1v) is 12.6. The highest BCUT2D eigenvalue weighted by atomic mass is 16.5. The molecule has 0 saturated carbocycles. The number of nitrogens with one attached hydrogen (secondary N) is 1. The predicted octanol–water partition coefficient (Wildman–Crippen LogP) is 5.99. The highest BCUT2D eigenvalue weighted by Gasteiger charge is 2.47. The van der Waals surface area contributed by atoms with Gasteiger partial charge in [0.2, 0.25) is 0 Å². The molecule has 3 aromatic carbocycles. The largest absolute Gasteiger partial charge is 0.507 e. The molecule has 0 bridgehead atoms. The van der Waals surface area contributed by atoms with Gasteiger partial charge >= 0.3 is 0 Å².